The van der Waals surface area contributed by atoms with Crippen LogP contribution in [-0.4, -0.2) is 16.0 Å². The lowest BCUT2D eigenvalue weighted by atomic mass is 10.1. The maximum absolute atomic E-state index is 12.3. The number of halogens is 1. The first-order valence-corrected chi connectivity index (χ1v) is 8.41. The number of hydrogen-bond donors (Lipinski definition) is 1. The van der Waals surface area contributed by atoms with E-state index in [9.17, 15) is 4.79 Å². The van der Waals surface area contributed by atoms with Crippen molar-refractivity contribution in [1.29, 1.82) is 0 Å². The van der Waals surface area contributed by atoms with Crippen LogP contribution in [0.25, 0.3) is 11.5 Å². The van der Waals surface area contributed by atoms with E-state index >= 15 is 0 Å². The van der Waals surface area contributed by atoms with E-state index in [1.165, 1.54) is 19.3 Å². The van der Waals surface area contributed by atoms with Crippen molar-refractivity contribution < 1.29 is 9.32 Å². The summed E-state index contributed by atoms with van der Waals surface area (Å²) in [6, 6.07) is 6.95. The van der Waals surface area contributed by atoms with Gasteiger partial charge in [0.05, 0.1) is 6.04 Å². The van der Waals surface area contributed by atoms with Gasteiger partial charge in [0, 0.05) is 16.5 Å². The highest BCUT2D eigenvalue weighted by molar-refractivity contribution is 6.30. The van der Waals surface area contributed by atoms with E-state index in [-0.39, 0.29) is 17.9 Å². The lowest BCUT2D eigenvalue weighted by molar-refractivity contribution is -0.123. The second kappa shape index (κ2) is 5.64. The maximum Gasteiger partial charge on any atom is 0.257 e. The molecular formula is C17H18ClN3O2. The molecule has 120 valence electrons. The van der Waals surface area contributed by atoms with Gasteiger partial charge in [-0.05, 0) is 55.9 Å². The van der Waals surface area contributed by atoms with Gasteiger partial charge in [-0.1, -0.05) is 23.2 Å². The highest BCUT2D eigenvalue weighted by atomic mass is 35.5. The number of fused-ring (bicyclic) bond motifs is 1. The molecule has 0 unspecified atom stereocenters. The second-order valence-electron chi connectivity index (χ2n) is 6.48. The molecule has 0 bridgehead atoms. The van der Waals surface area contributed by atoms with Gasteiger partial charge in [0.2, 0.25) is 5.91 Å². The van der Waals surface area contributed by atoms with Crippen LogP contribution in [0.4, 0.5) is 0 Å². The summed E-state index contributed by atoms with van der Waals surface area (Å²) in [6.07, 6.45) is 3.66. The number of carbonyl (C=O) groups is 1. The SMILES string of the molecule is C[C@H](NC(=O)C1[C@H]2CCC[C@H]12)c1noc(-c2ccc(Cl)cc2)n1. The molecule has 2 saturated carbocycles. The Morgan fingerprint density at radius 3 is 2.70 bits per heavy atom. The van der Waals surface area contributed by atoms with Crippen molar-refractivity contribution in [3.63, 3.8) is 0 Å². The van der Waals surface area contributed by atoms with Crippen molar-refractivity contribution in [3.8, 4) is 11.5 Å². The van der Waals surface area contributed by atoms with Gasteiger partial charge in [-0.15, -0.1) is 0 Å². The van der Waals surface area contributed by atoms with E-state index in [0.29, 0.717) is 28.6 Å². The second-order valence-corrected chi connectivity index (χ2v) is 6.92. The number of aromatic nitrogens is 2. The highest BCUT2D eigenvalue weighted by Crippen LogP contribution is 2.57. The number of amides is 1. The average Bonchev–Trinajstić information content (AvgIpc) is 2.95. The zero-order valence-electron chi connectivity index (χ0n) is 12.8. The molecule has 3 atom stereocenters. The number of nitrogens with one attached hydrogen (secondary N) is 1. The summed E-state index contributed by atoms with van der Waals surface area (Å²) in [6.45, 7) is 1.88. The van der Waals surface area contributed by atoms with Crippen LogP contribution >= 0.6 is 11.6 Å². The topological polar surface area (TPSA) is 68.0 Å². The van der Waals surface area contributed by atoms with Gasteiger partial charge < -0.3 is 9.84 Å². The molecule has 2 aromatic rings. The minimum atomic E-state index is -0.256. The lowest BCUT2D eigenvalue weighted by Gasteiger charge is -2.10. The Kier molecular flexibility index (Phi) is 3.60. The molecule has 23 heavy (non-hydrogen) atoms. The molecule has 1 N–H and O–H groups in total. The summed E-state index contributed by atoms with van der Waals surface area (Å²) < 4.78 is 5.29. The van der Waals surface area contributed by atoms with Crippen LogP contribution < -0.4 is 5.32 Å². The number of nitrogens with zero attached hydrogens (tertiary/aromatic N) is 2. The van der Waals surface area contributed by atoms with E-state index in [1.807, 2.05) is 19.1 Å². The molecular weight excluding hydrogens is 314 g/mol. The fourth-order valence-electron chi connectivity index (χ4n) is 3.71. The standard InChI is InChI=1S/C17H18ClN3O2/c1-9(19-16(22)14-12-3-2-4-13(12)14)15-20-17(23-21-15)10-5-7-11(18)8-6-10/h5-9,12-14H,2-4H2,1H3,(H,19,22)/t9-,12-,13-/m0/s1. The average molecular weight is 332 g/mol. The lowest BCUT2D eigenvalue weighted by Crippen LogP contribution is -2.30. The highest BCUT2D eigenvalue weighted by Gasteiger charge is 2.56. The number of rotatable bonds is 4. The fraction of sp³-hybridized carbons (Fsp3) is 0.471. The Morgan fingerprint density at radius 2 is 2.00 bits per heavy atom. The van der Waals surface area contributed by atoms with Crippen LogP contribution in [0.1, 0.15) is 38.1 Å². The third-order valence-corrected chi connectivity index (χ3v) is 5.24. The Bertz CT molecular complexity index is 718. The van der Waals surface area contributed by atoms with Crippen molar-refractivity contribution >= 4 is 17.5 Å². The van der Waals surface area contributed by atoms with Gasteiger partial charge in [-0.2, -0.15) is 4.98 Å². The summed E-state index contributed by atoms with van der Waals surface area (Å²) >= 11 is 5.87. The Labute approximate surface area is 139 Å². The number of carbonyl (C=O) groups excluding carboxylic acids is 1. The van der Waals surface area contributed by atoms with E-state index in [2.05, 4.69) is 15.5 Å². The molecule has 0 radical (unpaired) electrons. The molecule has 0 saturated heterocycles. The van der Waals surface area contributed by atoms with Crippen LogP contribution in [-0.2, 0) is 4.79 Å². The summed E-state index contributed by atoms with van der Waals surface area (Å²) in [5.74, 6) is 2.48. The van der Waals surface area contributed by atoms with Crippen molar-refractivity contribution in [2.45, 2.75) is 32.2 Å². The Morgan fingerprint density at radius 1 is 1.30 bits per heavy atom. The Hall–Kier alpha value is -1.88. The van der Waals surface area contributed by atoms with Crippen LogP contribution in [0, 0.1) is 17.8 Å². The molecule has 1 aromatic carbocycles. The minimum absolute atomic E-state index is 0.130. The van der Waals surface area contributed by atoms with Crippen molar-refractivity contribution in [2.75, 3.05) is 0 Å². The monoisotopic (exact) mass is 331 g/mol. The van der Waals surface area contributed by atoms with Crippen LogP contribution in [0.3, 0.4) is 0 Å². The fourth-order valence-corrected chi connectivity index (χ4v) is 3.83. The summed E-state index contributed by atoms with van der Waals surface area (Å²) in [7, 11) is 0. The zero-order valence-corrected chi connectivity index (χ0v) is 13.6. The van der Waals surface area contributed by atoms with E-state index in [0.717, 1.165) is 5.56 Å². The molecule has 2 fully saturated rings. The normalized spacial score (nSPS) is 26.6. The third-order valence-electron chi connectivity index (χ3n) is 4.99. The summed E-state index contributed by atoms with van der Waals surface area (Å²) in [4.78, 5) is 16.7. The summed E-state index contributed by atoms with van der Waals surface area (Å²) in [5, 5.41) is 7.66. The molecule has 4 rings (SSSR count). The van der Waals surface area contributed by atoms with Crippen LogP contribution in [0.15, 0.2) is 28.8 Å². The summed E-state index contributed by atoms with van der Waals surface area (Å²) in [5.41, 5.74) is 0.809. The largest absolute Gasteiger partial charge is 0.346 e. The van der Waals surface area contributed by atoms with E-state index < -0.39 is 0 Å². The van der Waals surface area contributed by atoms with Gasteiger partial charge in [0.1, 0.15) is 0 Å². The molecule has 0 spiro atoms. The molecule has 0 aliphatic heterocycles. The first-order chi connectivity index (χ1) is 11.1. The predicted octanol–water partition coefficient (Wildman–Crippen LogP) is 3.61. The quantitative estimate of drug-likeness (QED) is 0.929. The minimum Gasteiger partial charge on any atom is -0.346 e. The first-order valence-electron chi connectivity index (χ1n) is 8.03. The number of hydrogen-bond acceptors (Lipinski definition) is 4. The van der Waals surface area contributed by atoms with Gasteiger partial charge in [-0.3, -0.25) is 4.79 Å². The van der Waals surface area contributed by atoms with Gasteiger partial charge in [0.25, 0.3) is 5.89 Å². The first kappa shape index (κ1) is 14.7. The van der Waals surface area contributed by atoms with Gasteiger partial charge in [0.15, 0.2) is 5.82 Å². The molecule has 6 heteroatoms. The molecule has 2 aliphatic carbocycles. The van der Waals surface area contributed by atoms with Crippen molar-refractivity contribution in [3.05, 3.63) is 35.1 Å². The molecule has 1 heterocycles. The van der Waals surface area contributed by atoms with E-state index in [4.69, 9.17) is 16.1 Å². The molecule has 5 nitrogen and oxygen atoms in total. The zero-order chi connectivity index (χ0) is 16.0. The van der Waals surface area contributed by atoms with Crippen molar-refractivity contribution in [2.24, 2.45) is 17.8 Å². The molecule has 1 amide bonds. The van der Waals surface area contributed by atoms with Crippen LogP contribution in [0.5, 0.6) is 0 Å². The molecule has 2 aliphatic rings. The predicted molar refractivity (Wildman–Crippen MR) is 85.6 cm³/mol. The molecule has 1 aromatic heterocycles. The van der Waals surface area contributed by atoms with E-state index in [1.54, 1.807) is 12.1 Å². The Balaban J connectivity index is 1.42. The maximum atomic E-state index is 12.3. The van der Waals surface area contributed by atoms with Gasteiger partial charge in [-0.25, -0.2) is 0 Å². The number of benzene rings is 1. The van der Waals surface area contributed by atoms with Crippen LogP contribution in [0.2, 0.25) is 5.02 Å². The third kappa shape index (κ3) is 2.74. The smallest absolute Gasteiger partial charge is 0.257 e. The van der Waals surface area contributed by atoms with Crippen molar-refractivity contribution in [1.82, 2.24) is 15.5 Å². The van der Waals surface area contributed by atoms with Gasteiger partial charge >= 0.3 is 0 Å².